The Kier molecular flexibility index (Phi) is 6.94. The molecule has 0 spiro atoms. The third-order valence-corrected chi connectivity index (χ3v) is 6.34. The second-order valence-corrected chi connectivity index (χ2v) is 8.85. The Labute approximate surface area is 162 Å². The van der Waals surface area contributed by atoms with Crippen molar-refractivity contribution in [2.75, 3.05) is 26.2 Å². The molecular formula is C17H24F2N4O4S. The average molecular weight is 418 g/mol. The molecule has 1 atom stereocenters. The number of hydrogen-bond donors (Lipinski definition) is 2. The highest BCUT2D eigenvalue weighted by Crippen LogP contribution is 2.23. The summed E-state index contributed by atoms with van der Waals surface area (Å²) in [6, 6.07) is 1.20. The molecule has 1 aliphatic rings. The van der Waals surface area contributed by atoms with Crippen LogP contribution in [0.3, 0.4) is 0 Å². The summed E-state index contributed by atoms with van der Waals surface area (Å²) < 4.78 is 53.9. The standard InChI is InChI=1S/C17H24F2N4O4S/c1-11(2)10-14(21-17(20)25)16(24)22-6-8-23(9-7-22)28(26,27)15-12(18)4-3-5-13(15)19/h3-5,11,14H,6-10H2,1-2H3,(H3,20,21,25)/t14-/m0/s1. The van der Waals surface area contributed by atoms with Gasteiger partial charge in [-0.25, -0.2) is 22.0 Å². The number of carbonyl (C=O) groups excluding carboxylic acids is 2. The van der Waals surface area contributed by atoms with Gasteiger partial charge in [-0.15, -0.1) is 0 Å². The smallest absolute Gasteiger partial charge is 0.312 e. The maximum absolute atomic E-state index is 13.9. The summed E-state index contributed by atoms with van der Waals surface area (Å²) in [6.45, 7) is 3.60. The van der Waals surface area contributed by atoms with Crippen LogP contribution in [0.1, 0.15) is 20.3 Å². The van der Waals surface area contributed by atoms with Crippen LogP contribution in [0.5, 0.6) is 0 Å². The predicted molar refractivity (Wildman–Crippen MR) is 97.7 cm³/mol. The number of nitrogens with one attached hydrogen (secondary N) is 1. The zero-order chi connectivity index (χ0) is 21.1. The molecule has 0 bridgehead atoms. The molecule has 0 saturated carbocycles. The van der Waals surface area contributed by atoms with Gasteiger partial charge in [-0.05, 0) is 24.5 Å². The van der Waals surface area contributed by atoms with E-state index in [2.05, 4.69) is 5.32 Å². The Morgan fingerprint density at radius 1 is 1.14 bits per heavy atom. The van der Waals surface area contributed by atoms with E-state index in [0.717, 1.165) is 22.5 Å². The molecule has 1 aromatic carbocycles. The van der Waals surface area contributed by atoms with Gasteiger partial charge in [0.2, 0.25) is 15.9 Å². The first-order chi connectivity index (χ1) is 13.0. The second kappa shape index (κ2) is 8.82. The third-order valence-electron chi connectivity index (χ3n) is 4.39. The van der Waals surface area contributed by atoms with Crippen LogP contribution in [0.25, 0.3) is 0 Å². The number of hydrogen-bond acceptors (Lipinski definition) is 4. The highest BCUT2D eigenvalue weighted by molar-refractivity contribution is 7.89. The van der Waals surface area contributed by atoms with E-state index < -0.39 is 38.6 Å². The van der Waals surface area contributed by atoms with Crippen LogP contribution in [0.2, 0.25) is 0 Å². The predicted octanol–water partition coefficient (Wildman–Crippen LogP) is 0.881. The fraction of sp³-hybridized carbons (Fsp3) is 0.529. The summed E-state index contributed by atoms with van der Waals surface area (Å²) in [5.41, 5.74) is 5.13. The lowest BCUT2D eigenvalue weighted by Crippen LogP contribution is -2.56. The molecule has 2 rings (SSSR count). The molecule has 1 heterocycles. The number of benzene rings is 1. The highest BCUT2D eigenvalue weighted by atomic mass is 32.2. The van der Waals surface area contributed by atoms with Gasteiger partial charge >= 0.3 is 6.03 Å². The Balaban J connectivity index is 2.11. The van der Waals surface area contributed by atoms with Crippen molar-refractivity contribution >= 4 is 22.0 Å². The fourth-order valence-electron chi connectivity index (χ4n) is 3.09. The molecule has 1 saturated heterocycles. The molecule has 8 nitrogen and oxygen atoms in total. The van der Waals surface area contributed by atoms with Gasteiger partial charge in [0.15, 0.2) is 4.90 Å². The molecule has 1 fully saturated rings. The van der Waals surface area contributed by atoms with Gasteiger partial charge in [-0.3, -0.25) is 4.79 Å². The molecule has 28 heavy (non-hydrogen) atoms. The number of halogens is 2. The Hall–Kier alpha value is -2.27. The van der Waals surface area contributed by atoms with Gasteiger partial charge < -0.3 is 16.0 Å². The maximum atomic E-state index is 13.9. The first-order valence-corrected chi connectivity index (χ1v) is 10.3. The van der Waals surface area contributed by atoms with E-state index in [4.69, 9.17) is 5.73 Å². The molecule has 0 aromatic heterocycles. The molecule has 0 aliphatic carbocycles. The van der Waals surface area contributed by atoms with Crippen molar-refractivity contribution in [3.63, 3.8) is 0 Å². The summed E-state index contributed by atoms with van der Waals surface area (Å²) in [6.07, 6.45) is 0.376. The summed E-state index contributed by atoms with van der Waals surface area (Å²) in [5.74, 6) is -2.59. The van der Waals surface area contributed by atoms with E-state index in [9.17, 15) is 26.8 Å². The quantitative estimate of drug-likeness (QED) is 0.714. The van der Waals surface area contributed by atoms with Gasteiger partial charge in [0.1, 0.15) is 17.7 Å². The lowest BCUT2D eigenvalue weighted by Gasteiger charge is -2.36. The molecule has 1 aliphatic heterocycles. The minimum Gasteiger partial charge on any atom is -0.352 e. The molecule has 3 N–H and O–H groups in total. The number of carbonyl (C=O) groups is 2. The molecule has 0 unspecified atom stereocenters. The van der Waals surface area contributed by atoms with Crippen molar-refractivity contribution in [1.82, 2.24) is 14.5 Å². The third kappa shape index (κ3) is 4.96. The summed E-state index contributed by atoms with van der Waals surface area (Å²) >= 11 is 0. The van der Waals surface area contributed by atoms with Crippen molar-refractivity contribution in [2.45, 2.75) is 31.2 Å². The lowest BCUT2D eigenvalue weighted by molar-refractivity contribution is -0.134. The Morgan fingerprint density at radius 2 is 1.68 bits per heavy atom. The van der Waals surface area contributed by atoms with E-state index in [1.165, 1.54) is 4.90 Å². The van der Waals surface area contributed by atoms with Crippen LogP contribution in [0, 0.1) is 17.6 Å². The van der Waals surface area contributed by atoms with Crippen molar-refractivity contribution in [3.05, 3.63) is 29.8 Å². The summed E-state index contributed by atoms with van der Waals surface area (Å²) in [7, 11) is -4.38. The fourth-order valence-corrected chi connectivity index (χ4v) is 4.62. The Morgan fingerprint density at radius 3 is 2.14 bits per heavy atom. The van der Waals surface area contributed by atoms with Crippen LogP contribution in [-0.4, -0.2) is 61.8 Å². The highest BCUT2D eigenvalue weighted by Gasteiger charge is 2.35. The Bertz CT molecular complexity index is 819. The van der Waals surface area contributed by atoms with Gasteiger partial charge in [0.05, 0.1) is 0 Å². The van der Waals surface area contributed by atoms with Crippen molar-refractivity contribution in [2.24, 2.45) is 11.7 Å². The van der Waals surface area contributed by atoms with Gasteiger partial charge in [-0.2, -0.15) is 4.31 Å². The molecule has 0 radical (unpaired) electrons. The zero-order valence-corrected chi connectivity index (χ0v) is 16.5. The number of sulfonamides is 1. The van der Waals surface area contributed by atoms with E-state index in [1.54, 1.807) is 0 Å². The molecule has 1 aromatic rings. The van der Waals surface area contributed by atoms with Crippen LogP contribution in [0.15, 0.2) is 23.1 Å². The van der Waals surface area contributed by atoms with Crippen LogP contribution >= 0.6 is 0 Å². The van der Waals surface area contributed by atoms with E-state index in [0.29, 0.717) is 6.42 Å². The number of nitrogens with two attached hydrogens (primary N) is 1. The van der Waals surface area contributed by atoms with E-state index in [1.807, 2.05) is 13.8 Å². The number of primary amides is 1. The van der Waals surface area contributed by atoms with Crippen molar-refractivity contribution < 1.29 is 26.8 Å². The monoisotopic (exact) mass is 418 g/mol. The molecule has 156 valence electrons. The van der Waals surface area contributed by atoms with Gasteiger partial charge in [0, 0.05) is 26.2 Å². The molecular weight excluding hydrogens is 394 g/mol. The normalized spacial score (nSPS) is 16.8. The topological polar surface area (TPSA) is 113 Å². The molecule has 11 heteroatoms. The molecule has 3 amide bonds. The summed E-state index contributed by atoms with van der Waals surface area (Å²) in [4.78, 5) is 24.2. The van der Waals surface area contributed by atoms with Gasteiger partial charge in [-0.1, -0.05) is 19.9 Å². The number of rotatable bonds is 6. The van der Waals surface area contributed by atoms with E-state index >= 15 is 0 Å². The number of piperazine rings is 1. The number of urea groups is 1. The van der Waals surface area contributed by atoms with Crippen molar-refractivity contribution in [1.29, 1.82) is 0 Å². The lowest BCUT2D eigenvalue weighted by atomic mass is 10.0. The maximum Gasteiger partial charge on any atom is 0.312 e. The van der Waals surface area contributed by atoms with Gasteiger partial charge in [0.25, 0.3) is 0 Å². The number of amides is 3. The second-order valence-electron chi connectivity index (χ2n) is 6.97. The van der Waals surface area contributed by atoms with Crippen LogP contribution < -0.4 is 11.1 Å². The van der Waals surface area contributed by atoms with Crippen LogP contribution in [-0.2, 0) is 14.8 Å². The van der Waals surface area contributed by atoms with E-state index in [-0.39, 0.29) is 38.0 Å². The average Bonchev–Trinajstić information content (AvgIpc) is 2.59. The van der Waals surface area contributed by atoms with Crippen molar-refractivity contribution in [3.8, 4) is 0 Å². The minimum absolute atomic E-state index is 0.0309. The zero-order valence-electron chi connectivity index (χ0n) is 15.7. The first kappa shape index (κ1) is 22.0. The number of nitrogens with zero attached hydrogens (tertiary/aromatic N) is 2. The largest absolute Gasteiger partial charge is 0.352 e. The minimum atomic E-state index is -4.38. The SMILES string of the molecule is CC(C)C[C@H](NC(N)=O)C(=O)N1CCN(S(=O)(=O)c2c(F)cccc2F)CC1. The first-order valence-electron chi connectivity index (χ1n) is 8.83. The summed E-state index contributed by atoms with van der Waals surface area (Å²) in [5, 5.41) is 2.41. The van der Waals surface area contributed by atoms with Crippen LogP contribution in [0.4, 0.5) is 13.6 Å².